The molecule has 1 N–H and O–H groups in total. The van der Waals surface area contributed by atoms with Gasteiger partial charge in [-0.15, -0.1) is 0 Å². The molecule has 0 radical (unpaired) electrons. The van der Waals surface area contributed by atoms with E-state index in [4.69, 9.17) is 0 Å². The van der Waals surface area contributed by atoms with Crippen molar-refractivity contribution in [1.82, 2.24) is 9.78 Å². The largest absolute Gasteiger partial charge is 0.386 e. The van der Waals surface area contributed by atoms with Gasteiger partial charge in [0.15, 0.2) is 0 Å². The standard InChI is InChI=1S/C18H26N2O/c1-5-12-20-16(10-11-19-20)17(21)13-14-6-8-15(9-7-14)18(2,3)4/h6-11,17,21H,5,12-13H2,1-4H3. The van der Waals surface area contributed by atoms with Gasteiger partial charge in [-0.25, -0.2) is 0 Å². The van der Waals surface area contributed by atoms with Crippen molar-refractivity contribution in [2.75, 3.05) is 0 Å². The van der Waals surface area contributed by atoms with E-state index >= 15 is 0 Å². The third-order valence-electron chi connectivity index (χ3n) is 3.78. The summed E-state index contributed by atoms with van der Waals surface area (Å²) in [5.74, 6) is 0. The van der Waals surface area contributed by atoms with Crippen molar-refractivity contribution in [2.45, 2.75) is 58.6 Å². The highest BCUT2D eigenvalue weighted by Gasteiger charge is 2.16. The highest BCUT2D eigenvalue weighted by molar-refractivity contribution is 5.28. The second-order valence-electron chi connectivity index (χ2n) is 6.65. The van der Waals surface area contributed by atoms with Crippen LogP contribution < -0.4 is 0 Å². The molecule has 1 heterocycles. The summed E-state index contributed by atoms with van der Waals surface area (Å²) in [5, 5.41) is 14.7. The average Bonchev–Trinajstić information content (AvgIpc) is 2.87. The predicted molar refractivity (Wildman–Crippen MR) is 86.3 cm³/mol. The van der Waals surface area contributed by atoms with Gasteiger partial charge in [0.05, 0.1) is 11.8 Å². The topological polar surface area (TPSA) is 38.0 Å². The summed E-state index contributed by atoms with van der Waals surface area (Å²) in [6.45, 7) is 9.59. The van der Waals surface area contributed by atoms with Gasteiger partial charge in [-0.3, -0.25) is 4.68 Å². The van der Waals surface area contributed by atoms with Crippen LogP contribution in [0.3, 0.4) is 0 Å². The lowest BCUT2D eigenvalue weighted by atomic mass is 9.86. The summed E-state index contributed by atoms with van der Waals surface area (Å²) in [6, 6.07) is 10.5. The molecule has 2 rings (SSSR count). The molecule has 1 unspecified atom stereocenters. The molecule has 0 aliphatic heterocycles. The third-order valence-corrected chi connectivity index (χ3v) is 3.78. The Balaban J connectivity index is 2.09. The van der Waals surface area contributed by atoms with Crippen LogP contribution in [0.4, 0.5) is 0 Å². The van der Waals surface area contributed by atoms with Crippen molar-refractivity contribution >= 4 is 0 Å². The van der Waals surface area contributed by atoms with Crippen molar-refractivity contribution in [2.24, 2.45) is 0 Å². The Morgan fingerprint density at radius 1 is 1.14 bits per heavy atom. The molecule has 0 amide bonds. The molecule has 0 bridgehead atoms. The first kappa shape index (κ1) is 15.8. The highest BCUT2D eigenvalue weighted by Crippen LogP contribution is 2.24. The minimum atomic E-state index is -0.500. The third kappa shape index (κ3) is 3.94. The van der Waals surface area contributed by atoms with E-state index in [-0.39, 0.29) is 5.41 Å². The maximum absolute atomic E-state index is 10.4. The molecule has 0 spiro atoms. The van der Waals surface area contributed by atoms with Crippen molar-refractivity contribution in [3.05, 3.63) is 53.3 Å². The molecule has 3 heteroatoms. The number of hydrogen-bond donors (Lipinski definition) is 1. The minimum Gasteiger partial charge on any atom is -0.386 e. The number of aromatic nitrogens is 2. The van der Waals surface area contributed by atoms with Crippen molar-refractivity contribution in [3.63, 3.8) is 0 Å². The van der Waals surface area contributed by atoms with Gasteiger partial charge in [0.2, 0.25) is 0 Å². The van der Waals surface area contributed by atoms with Gasteiger partial charge in [-0.05, 0) is 29.0 Å². The van der Waals surface area contributed by atoms with Crippen LogP contribution >= 0.6 is 0 Å². The van der Waals surface area contributed by atoms with E-state index in [1.807, 2.05) is 10.7 Å². The van der Waals surface area contributed by atoms with Gasteiger partial charge in [-0.1, -0.05) is 52.0 Å². The van der Waals surface area contributed by atoms with E-state index < -0.39 is 6.10 Å². The monoisotopic (exact) mass is 286 g/mol. The summed E-state index contributed by atoms with van der Waals surface area (Å²) in [6.07, 6.45) is 2.90. The van der Waals surface area contributed by atoms with Gasteiger partial charge < -0.3 is 5.11 Å². The number of aliphatic hydroxyl groups is 1. The molecule has 2 aromatic rings. The number of nitrogens with zero attached hydrogens (tertiary/aromatic N) is 2. The van der Waals surface area contributed by atoms with E-state index in [2.05, 4.69) is 57.1 Å². The number of rotatable bonds is 5. The lowest BCUT2D eigenvalue weighted by Gasteiger charge is -2.19. The van der Waals surface area contributed by atoms with E-state index in [9.17, 15) is 5.11 Å². The summed E-state index contributed by atoms with van der Waals surface area (Å²) >= 11 is 0. The van der Waals surface area contributed by atoms with E-state index in [0.717, 1.165) is 24.2 Å². The summed E-state index contributed by atoms with van der Waals surface area (Å²) in [7, 11) is 0. The SMILES string of the molecule is CCCn1nccc1C(O)Cc1ccc(C(C)(C)C)cc1. The summed E-state index contributed by atoms with van der Waals surface area (Å²) < 4.78 is 1.90. The Morgan fingerprint density at radius 3 is 2.38 bits per heavy atom. The lowest BCUT2D eigenvalue weighted by Crippen LogP contribution is -2.12. The van der Waals surface area contributed by atoms with Gasteiger partial charge in [0, 0.05) is 19.2 Å². The van der Waals surface area contributed by atoms with Crippen LogP contribution in [-0.2, 0) is 18.4 Å². The molecule has 1 atom stereocenters. The first-order valence-electron chi connectivity index (χ1n) is 7.71. The normalized spacial score (nSPS) is 13.4. The van der Waals surface area contributed by atoms with E-state index in [1.54, 1.807) is 6.20 Å². The quantitative estimate of drug-likeness (QED) is 0.906. The molecular formula is C18H26N2O. The van der Waals surface area contributed by atoms with Crippen LogP contribution in [0, 0.1) is 0 Å². The predicted octanol–water partition coefficient (Wildman–Crippen LogP) is 3.87. The number of aryl methyl sites for hydroxylation is 1. The second kappa shape index (κ2) is 6.44. The Bertz CT molecular complexity index is 564. The average molecular weight is 286 g/mol. The van der Waals surface area contributed by atoms with Crippen LogP contribution in [0.1, 0.15) is 57.0 Å². The van der Waals surface area contributed by atoms with Gasteiger partial charge in [-0.2, -0.15) is 5.10 Å². The first-order chi connectivity index (χ1) is 9.91. The molecule has 114 valence electrons. The van der Waals surface area contributed by atoms with Crippen LogP contribution in [-0.4, -0.2) is 14.9 Å². The molecular weight excluding hydrogens is 260 g/mol. The van der Waals surface area contributed by atoms with Gasteiger partial charge >= 0.3 is 0 Å². The fraction of sp³-hybridized carbons (Fsp3) is 0.500. The van der Waals surface area contributed by atoms with E-state index in [1.165, 1.54) is 5.56 Å². The van der Waals surface area contributed by atoms with Crippen LogP contribution in [0.2, 0.25) is 0 Å². The maximum Gasteiger partial charge on any atom is 0.0996 e. The molecule has 0 saturated carbocycles. The van der Waals surface area contributed by atoms with Crippen LogP contribution in [0.15, 0.2) is 36.5 Å². The summed E-state index contributed by atoms with van der Waals surface area (Å²) in [4.78, 5) is 0. The molecule has 1 aromatic heterocycles. The van der Waals surface area contributed by atoms with Crippen molar-refractivity contribution in [1.29, 1.82) is 0 Å². The van der Waals surface area contributed by atoms with Crippen LogP contribution in [0.5, 0.6) is 0 Å². The lowest BCUT2D eigenvalue weighted by molar-refractivity contribution is 0.166. The van der Waals surface area contributed by atoms with E-state index in [0.29, 0.717) is 6.42 Å². The molecule has 0 aliphatic rings. The zero-order chi connectivity index (χ0) is 15.5. The van der Waals surface area contributed by atoms with Crippen molar-refractivity contribution < 1.29 is 5.11 Å². The fourth-order valence-corrected chi connectivity index (χ4v) is 2.49. The second-order valence-corrected chi connectivity index (χ2v) is 6.65. The molecule has 0 saturated heterocycles. The Hall–Kier alpha value is -1.61. The number of benzene rings is 1. The Kier molecular flexibility index (Phi) is 4.84. The molecule has 1 aromatic carbocycles. The molecule has 0 fully saturated rings. The van der Waals surface area contributed by atoms with Crippen LogP contribution in [0.25, 0.3) is 0 Å². The first-order valence-corrected chi connectivity index (χ1v) is 7.71. The highest BCUT2D eigenvalue weighted by atomic mass is 16.3. The Morgan fingerprint density at radius 2 is 1.81 bits per heavy atom. The number of hydrogen-bond acceptors (Lipinski definition) is 2. The van der Waals surface area contributed by atoms with Gasteiger partial charge in [0.1, 0.15) is 0 Å². The summed E-state index contributed by atoms with van der Waals surface area (Å²) in [5.41, 5.74) is 3.53. The van der Waals surface area contributed by atoms with Gasteiger partial charge in [0.25, 0.3) is 0 Å². The molecule has 0 aliphatic carbocycles. The minimum absolute atomic E-state index is 0.164. The maximum atomic E-state index is 10.4. The number of aliphatic hydroxyl groups excluding tert-OH is 1. The zero-order valence-electron chi connectivity index (χ0n) is 13.5. The zero-order valence-corrected chi connectivity index (χ0v) is 13.5. The fourth-order valence-electron chi connectivity index (χ4n) is 2.49. The molecule has 3 nitrogen and oxygen atoms in total. The smallest absolute Gasteiger partial charge is 0.0996 e. The van der Waals surface area contributed by atoms with Crippen molar-refractivity contribution in [3.8, 4) is 0 Å². The Labute approximate surface area is 127 Å². The molecule has 21 heavy (non-hydrogen) atoms.